The minimum atomic E-state index is 0.399. The second-order valence-corrected chi connectivity index (χ2v) is 6.32. The fourth-order valence-corrected chi connectivity index (χ4v) is 2.76. The second kappa shape index (κ2) is 8.32. The van der Waals surface area contributed by atoms with E-state index in [4.69, 9.17) is 0 Å². The Hall–Kier alpha value is -1.16. The summed E-state index contributed by atoms with van der Waals surface area (Å²) < 4.78 is 1.13. The average molecular weight is 347 g/mol. The van der Waals surface area contributed by atoms with Crippen LogP contribution in [0, 0.1) is 0 Å². The first kappa shape index (κ1) is 16.2. The van der Waals surface area contributed by atoms with E-state index in [1.807, 2.05) is 7.05 Å². The van der Waals surface area contributed by atoms with Crippen molar-refractivity contribution in [1.29, 1.82) is 0 Å². The lowest BCUT2D eigenvalue weighted by atomic mass is 10.0. The van der Waals surface area contributed by atoms with E-state index in [0.717, 1.165) is 24.0 Å². The summed E-state index contributed by atoms with van der Waals surface area (Å²) in [5, 5.41) is 3.42. The van der Waals surface area contributed by atoms with Gasteiger partial charge in [-0.05, 0) is 50.3 Å². The molecule has 3 heteroatoms. The summed E-state index contributed by atoms with van der Waals surface area (Å²) in [5.74, 6) is 0. The van der Waals surface area contributed by atoms with Crippen molar-refractivity contribution in [1.82, 2.24) is 10.2 Å². The lowest BCUT2D eigenvalue weighted by Gasteiger charge is -2.22. The van der Waals surface area contributed by atoms with Crippen LogP contribution in [-0.2, 0) is 6.54 Å². The molecule has 1 unspecified atom stereocenters. The Kier molecular flexibility index (Phi) is 6.43. The van der Waals surface area contributed by atoms with Crippen molar-refractivity contribution >= 4 is 15.9 Å². The summed E-state index contributed by atoms with van der Waals surface area (Å²) in [7, 11) is 4.21. The van der Waals surface area contributed by atoms with Gasteiger partial charge in [-0.15, -0.1) is 0 Å². The van der Waals surface area contributed by atoms with E-state index in [2.05, 4.69) is 87.8 Å². The number of nitrogens with zero attached hydrogens (tertiary/aromatic N) is 1. The molecule has 2 aromatic carbocycles. The van der Waals surface area contributed by atoms with Crippen LogP contribution in [0.3, 0.4) is 0 Å². The van der Waals surface area contributed by atoms with Crippen molar-refractivity contribution in [3.63, 3.8) is 0 Å². The van der Waals surface area contributed by atoms with Crippen LogP contribution in [0.4, 0.5) is 0 Å². The monoisotopic (exact) mass is 346 g/mol. The second-order valence-electron chi connectivity index (χ2n) is 5.40. The minimum Gasteiger partial charge on any atom is -0.313 e. The van der Waals surface area contributed by atoms with E-state index in [1.54, 1.807) is 0 Å². The summed E-state index contributed by atoms with van der Waals surface area (Å²) in [6.45, 7) is 2.06. The van der Waals surface area contributed by atoms with Gasteiger partial charge in [0.15, 0.2) is 0 Å². The van der Waals surface area contributed by atoms with Crippen LogP contribution in [0.15, 0.2) is 59.1 Å². The predicted octanol–water partition coefficient (Wildman–Crippen LogP) is 4.23. The van der Waals surface area contributed by atoms with Crippen LogP contribution in [0.5, 0.6) is 0 Å². The van der Waals surface area contributed by atoms with Gasteiger partial charge in [0.1, 0.15) is 0 Å². The predicted molar refractivity (Wildman–Crippen MR) is 93.3 cm³/mol. The molecule has 0 saturated carbocycles. The molecular formula is C18H23BrN2. The fourth-order valence-electron chi connectivity index (χ4n) is 2.50. The molecule has 1 N–H and O–H groups in total. The smallest absolute Gasteiger partial charge is 0.0329 e. The zero-order chi connectivity index (χ0) is 15.1. The highest BCUT2D eigenvalue weighted by Gasteiger charge is 2.10. The van der Waals surface area contributed by atoms with Gasteiger partial charge in [0.2, 0.25) is 0 Å². The molecule has 0 amide bonds. The molecule has 112 valence electrons. The van der Waals surface area contributed by atoms with Crippen LogP contribution in [0.1, 0.15) is 23.6 Å². The number of nitrogens with one attached hydrogen (secondary N) is 1. The molecule has 0 saturated heterocycles. The van der Waals surface area contributed by atoms with Gasteiger partial charge in [-0.25, -0.2) is 0 Å². The molecule has 0 spiro atoms. The average Bonchev–Trinajstić information content (AvgIpc) is 2.50. The number of rotatable bonds is 7. The zero-order valence-corrected chi connectivity index (χ0v) is 14.3. The van der Waals surface area contributed by atoms with Crippen molar-refractivity contribution in [3.8, 4) is 0 Å². The van der Waals surface area contributed by atoms with Gasteiger partial charge in [-0.2, -0.15) is 0 Å². The molecule has 0 aliphatic rings. The van der Waals surface area contributed by atoms with Crippen LogP contribution in [0.25, 0.3) is 0 Å². The molecular weight excluding hydrogens is 324 g/mol. The van der Waals surface area contributed by atoms with E-state index in [9.17, 15) is 0 Å². The summed E-state index contributed by atoms with van der Waals surface area (Å²) in [6, 6.07) is 19.6. The van der Waals surface area contributed by atoms with Gasteiger partial charge < -0.3 is 10.2 Å². The molecule has 0 heterocycles. The number of hydrogen-bond acceptors (Lipinski definition) is 2. The Morgan fingerprint density at radius 3 is 2.33 bits per heavy atom. The molecule has 21 heavy (non-hydrogen) atoms. The van der Waals surface area contributed by atoms with E-state index in [0.29, 0.717) is 6.04 Å². The number of benzene rings is 2. The molecule has 0 bridgehead atoms. The van der Waals surface area contributed by atoms with Crippen LogP contribution in [-0.4, -0.2) is 25.5 Å². The Morgan fingerprint density at radius 2 is 1.71 bits per heavy atom. The highest BCUT2D eigenvalue weighted by atomic mass is 79.9. The number of hydrogen-bond donors (Lipinski definition) is 1. The van der Waals surface area contributed by atoms with Crippen LogP contribution >= 0.6 is 15.9 Å². The fraction of sp³-hybridized carbons (Fsp3) is 0.333. The third kappa shape index (κ3) is 5.27. The van der Waals surface area contributed by atoms with Crippen molar-refractivity contribution in [2.75, 3.05) is 20.6 Å². The van der Waals surface area contributed by atoms with Gasteiger partial charge in [0.05, 0.1) is 0 Å². The summed E-state index contributed by atoms with van der Waals surface area (Å²) in [5.41, 5.74) is 2.71. The Balaban J connectivity index is 1.86. The largest absolute Gasteiger partial charge is 0.313 e. The first-order chi connectivity index (χ1) is 10.2. The first-order valence-electron chi connectivity index (χ1n) is 7.34. The van der Waals surface area contributed by atoms with Crippen LogP contribution in [0.2, 0.25) is 0 Å². The van der Waals surface area contributed by atoms with Gasteiger partial charge in [0, 0.05) is 17.1 Å². The first-order valence-corrected chi connectivity index (χ1v) is 8.13. The lowest BCUT2D eigenvalue weighted by molar-refractivity contribution is 0.304. The normalized spacial score (nSPS) is 12.6. The van der Waals surface area contributed by atoms with E-state index in [1.165, 1.54) is 11.1 Å². The topological polar surface area (TPSA) is 15.3 Å². The van der Waals surface area contributed by atoms with Crippen molar-refractivity contribution in [3.05, 3.63) is 70.2 Å². The minimum absolute atomic E-state index is 0.399. The van der Waals surface area contributed by atoms with Gasteiger partial charge in [0.25, 0.3) is 0 Å². The Morgan fingerprint density at radius 1 is 1.05 bits per heavy atom. The van der Waals surface area contributed by atoms with Crippen molar-refractivity contribution < 1.29 is 0 Å². The Bertz CT molecular complexity index is 525. The molecule has 0 aliphatic carbocycles. The molecule has 0 radical (unpaired) electrons. The molecule has 0 aromatic heterocycles. The summed E-state index contributed by atoms with van der Waals surface area (Å²) >= 11 is 3.49. The molecule has 2 rings (SSSR count). The number of halogens is 1. The standard InChI is InChI=1S/C18H23BrN2/c1-20-18(16-8-10-17(19)11-9-16)12-13-21(2)14-15-6-4-3-5-7-15/h3-11,18,20H,12-14H2,1-2H3. The quantitative estimate of drug-likeness (QED) is 0.806. The van der Waals surface area contributed by atoms with Gasteiger partial charge >= 0.3 is 0 Å². The van der Waals surface area contributed by atoms with Crippen molar-refractivity contribution in [2.45, 2.75) is 19.0 Å². The van der Waals surface area contributed by atoms with Crippen LogP contribution < -0.4 is 5.32 Å². The lowest BCUT2D eigenvalue weighted by Crippen LogP contribution is -2.25. The van der Waals surface area contributed by atoms with Gasteiger partial charge in [-0.3, -0.25) is 0 Å². The molecule has 2 nitrogen and oxygen atoms in total. The summed E-state index contributed by atoms with van der Waals surface area (Å²) in [4.78, 5) is 2.37. The maximum atomic E-state index is 3.49. The molecule has 0 fully saturated rings. The van der Waals surface area contributed by atoms with E-state index >= 15 is 0 Å². The Labute approximate surface area is 136 Å². The molecule has 1 atom stereocenters. The maximum absolute atomic E-state index is 3.49. The molecule has 2 aromatic rings. The third-order valence-corrected chi connectivity index (χ3v) is 4.24. The highest BCUT2D eigenvalue weighted by molar-refractivity contribution is 9.10. The van der Waals surface area contributed by atoms with E-state index in [-0.39, 0.29) is 0 Å². The zero-order valence-electron chi connectivity index (χ0n) is 12.7. The third-order valence-electron chi connectivity index (χ3n) is 3.72. The van der Waals surface area contributed by atoms with Crippen molar-refractivity contribution in [2.24, 2.45) is 0 Å². The summed E-state index contributed by atoms with van der Waals surface area (Å²) in [6.07, 6.45) is 1.10. The maximum Gasteiger partial charge on any atom is 0.0329 e. The molecule has 0 aliphatic heterocycles. The van der Waals surface area contributed by atoms with Gasteiger partial charge in [-0.1, -0.05) is 58.4 Å². The SMILES string of the molecule is CNC(CCN(C)Cc1ccccc1)c1ccc(Br)cc1. The highest BCUT2D eigenvalue weighted by Crippen LogP contribution is 2.19. The van der Waals surface area contributed by atoms with E-state index < -0.39 is 0 Å².